The Hall–Kier alpha value is -1.82. The van der Waals surface area contributed by atoms with Crippen LogP contribution in [0.4, 0.5) is 18.9 Å². The summed E-state index contributed by atoms with van der Waals surface area (Å²) in [6.45, 7) is 0. The van der Waals surface area contributed by atoms with Gasteiger partial charge in [0.1, 0.15) is 17.5 Å². The van der Waals surface area contributed by atoms with E-state index < -0.39 is 23.4 Å². The van der Waals surface area contributed by atoms with Crippen molar-refractivity contribution in [2.24, 2.45) is 0 Å². The van der Waals surface area contributed by atoms with Gasteiger partial charge < -0.3 is 5.32 Å². The lowest BCUT2D eigenvalue weighted by Crippen LogP contribution is -2.13. The SMILES string of the molecule is O=C(Nc1cc(Br)c(F)cc1F)c1ccc(F)cc1. The summed E-state index contributed by atoms with van der Waals surface area (Å²) in [5, 5.41) is 2.28. The highest BCUT2D eigenvalue weighted by Gasteiger charge is 2.12. The van der Waals surface area contributed by atoms with E-state index in [1.807, 2.05) is 0 Å². The second kappa shape index (κ2) is 5.44. The molecule has 0 aliphatic carbocycles. The lowest BCUT2D eigenvalue weighted by Gasteiger charge is -2.07. The third-order valence-electron chi connectivity index (χ3n) is 2.36. The van der Waals surface area contributed by atoms with E-state index >= 15 is 0 Å². The largest absolute Gasteiger partial charge is 0.319 e. The molecule has 0 radical (unpaired) electrons. The minimum atomic E-state index is -0.892. The van der Waals surface area contributed by atoms with Crippen LogP contribution < -0.4 is 5.32 Å². The van der Waals surface area contributed by atoms with Crippen LogP contribution in [0.25, 0.3) is 0 Å². The van der Waals surface area contributed by atoms with Crippen LogP contribution in [0.5, 0.6) is 0 Å². The van der Waals surface area contributed by atoms with Gasteiger partial charge in [-0.05, 0) is 46.3 Å². The second-order valence-electron chi connectivity index (χ2n) is 3.71. The Labute approximate surface area is 115 Å². The number of anilines is 1. The maximum Gasteiger partial charge on any atom is 0.255 e. The highest BCUT2D eigenvalue weighted by Crippen LogP contribution is 2.24. The first-order valence-corrected chi connectivity index (χ1v) is 5.98. The molecule has 6 heteroatoms. The average molecular weight is 330 g/mol. The molecule has 0 fully saturated rings. The van der Waals surface area contributed by atoms with Crippen LogP contribution in [0, 0.1) is 17.5 Å². The summed E-state index contributed by atoms with van der Waals surface area (Å²) in [5.41, 5.74) is 0.00356. The lowest BCUT2D eigenvalue weighted by molar-refractivity contribution is 0.102. The highest BCUT2D eigenvalue weighted by atomic mass is 79.9. The van der Waals surface area contributed by atoms with Crippen LogP contribution in [0.15, 0.2) is 40.9 Å². The Morgan fingerprint density at radius 1 is 1.00 bits per heavy atom. The summed E-state index contributed by atoms with van der Waals surface area (Å²) in [6.07, 6.45) is 0. The molecule has 0 saturated heterocycles. The molecule has 2 aromatic rings. The maximum atomic E-state index is 13.4. The van der Waals surface area contributed by atoms with Crippen molar-refractivity contribution in [1.82, 2.24) is 0 Å². The molecule has 0 atom stereocenters. The molecule has 98 valence electrons. The van der Waals surface area contributed by atoms with Gasteiger partial charge in [-0.15, -0.1) is 0 Å². The van der Waals surface area contributed by atoms with Crippen molar-refractivity contribution in [2.75, 3.05) is 5.32 Å². The number of amides is 1. The number of benzene rings is 2. The number of hydrogen-bond acceptors (Lipinski definition) is 1. The predicted molar refractivity (Wildman–Crippen MR) is 68.4 cm³/mol. The van der Waals surface area contributed by atoms with Crippen molar-refractivity contribution in [3.05, 3.63) is 63.9 Å². The molecule has 2 nitrogen and oxygen atoms in total. The van der Waals surface area contributed by atoms with Crippen molar-refractivity contribution >= 4 is 27.5 Å². The molecule has 19 heavy (non-hydrogen) atoms. The van der Waals surface area contributed by atoms with E-state index in [0.717, 1.165) is 18.2 Å². The topological polar surface area (TPSA) is 29.1 Å². The molecule has 1 N–H and O–H groups in total. The van der Waals surface area contributed by atoms with Crippen molar-refractivity contribution in [1.29, 1.82) is 0 Å². The number of carbonyl (C=O) groups is 1. The number of halogens is 4. The van der Waals surface area contributed by atoms with Gasteiger partial charge >= 0.3 is 0 Å². The van der Waals surface area contributed by atoms with Crippen molar-refractivity contribution in [3.8, 4) is 0 Å². The molecular weight excluding hydrogens is 323 g/mol. The van der Waals surface area contributed by atoms with E-state index in [0.29, 0.717) is 6.07 Å². The number of nitrogens with one attached hydrogen (secondary N) is 1. The molecule has 0 saturated carbocycles. The van der Waals surface area contributed by atoms with Crippen LogP contribution in [-0.4, -0.2) is 5.91 Å². The van der Waals surface area contributed by atoms with Crippen LogP contribution in [-0.2, 0) is 0 Å². The minimum absolute atomic E-state index is 0.0308. The Kier molecular flexibility index (Phi) is 3.90. The van der Waals surface area contributed by atoms with Crippen LogP contribution >= 0.6 is 15.9 Å². The smallest absolute Gasteiger partial charge is 0.255 e. The standard InChI is InChI=1S/C13H7BrF3NO/c14-9-5-12(11(17)6-10(9)16)18-13(19)7-1-3-8(15)4-2-7/h1-6H,(H,18,19). The van der Waals surface area contributed by atoms with Gasteiger partial charge in [0, 0.05) is 11.6 Å². The molecule has 0 aliphatic rings. The molecule has 2 aromatic carbocycles. The quantitative estimate of drug-likeness (QED) is 0.825. The van der Waals surface area contributed by atoms with Gasteiger partial charge in [0.25, 0.3) is 5.91 Å². The monoisotopic (exact) mass is 329 g/mol. The van der Waals surface area contributed by atoms with Crippen molar-refractivity contribution < 1.29 is 18.0 Å². The average Bonchev–Trinajstić information content (AvgIpc) is 2.36. The molecular formula is C13H7BrF3NO. The molecule has 0 heterocycles. The van der Waals surface area contributed by atoms with E-state index in [1.54, 1.807) is 0 Å². The Morgan fingerprint density at radius 2 is 1.63 bits per heavy atom. The molecule has 2 rings (SSSR count). The third-order valence-corrected chi connectivity index (χ3v) is 2.97. The third kappa shape index (κ3) is 3.14. The van der Waals surface area contributed by atoms with E-state index in [-0.39, 0.29) is 15.7 Å². The molecule has 0 aromatic heterocycles. The van der Waals surface area contributed by atoms with Crippen LogP contribution in [0.2, 0.25) is 0 Å². The van der Waals surface area contributed by atoms with E-state index in [2.05, 4.69) is 21.2 Å². The zero-order valence-electron chi connectivity index (χ0n) is 9.38. The Balaban J connectivity index is 2.24. The molecule has 0 bridgehead atoms. The van der Waals surface area contributed by atoms with Gasteiger partial charge in [-0.1, -0.05) is 0 Å². The summed E-state index contributed by atoms with van der Waals surface area (Å²) in [6, 6.07) is 6.54. The summed E-state index contributed by atoms with van der Waals surface area (Å²) in [4.78, 5) is 11.8. The number of carbonyl (C=O) groups excluding carboxylic acids is 1. The fourth-order valence-electron chi connectivity index (χ4n) is 1.41. The van der Waals surface area contributed by atoms with Crippen LogP contribution in [0.3, 0.4) is 0 Å². The molecule has 1 amide bonds. The van der Waals surface area contributed by atoms with E-state index in [1.165, 1.54) is 12.1 Å². The Morgan fingerprint density at radius 3 is 2.26 bits per heavy atom. The normalized spacial score (nSPS) is 10.3. The first kappa shape index (κ1) is 13.6. The van der Waals surface area contributed by atoms with E-state index in [4.69, 9.17) is 0 Å². The maximum absolute atomic E-state index is 13.4. The lowest BCUT2D eigenvalue weighted by atomic mass is 10.2. The van der Waals surface area contributed by atoms with Gasteiger partial charge in [-0.3, -0.25) is 4.79 Å². The first-order valence-electron chi connectivity index (χ1n) is 5.19. The second-order valence-corrected chi connectivity index (χ2v) is 4.56. The zero-order chi connectivity index (χ0) is 14.0. The Bertz CT molecular complexity index is 629. The zero-order valence-corrected chi connectivity index (χ0v) is 11.0. The fraction of sp³-hybridized carbons (Fsp3) is 0. The number of rotatable bonds is 2. The van der Waals surface area contributed by atoms with Gasteiger partial charge in [0.05, 0.1) is 10.2 Å². The van der Waals surface area contributed by atoms with Crippen molar-refractivity contribution in [3.63, 3.8) is 0 Å². The summed E-state index contributed by atoms with van der Waals surface area (Å²) >= 11 is 2.89. The van der Waals surface area contributed by atoms with Crippen molar-refractivity contribution in [2.45, 2.75) is 0 Å². The van der Waals surface area contributed by atoms with Gasteiger partial charge in [0.2, 0.25) is 0 Å². The summed E-state index contributed by atoms with van der Waals surface area (Å²) in [7, 11) is 0. The first-order chi connectivity index (χ1) is 8.97. The van der Waals surface area contributed by atoms with Gasteiger partial charge in [0.15, 0.2) is 0 Å². The van der Waals surface area contributed by atoms with Gasteiger partial charge in [-0.25, -0.2) is 13.2 Å². The predicted octanol–water partition coefficient (Wildman–Crippen LogP) is 4.12. The number of hydrogen-bond donors (Lipinski definition) is 1. The summed E-state index contributed by atoms with van der Waals surface area (Å²) in [5.74, 6) is -2.75. The highest BCUT2D eigenvalue weighted by molar-refractivity contribution is 9.10. The molecule has 0 unspecified atom stereocenters. The summed E-state index contributed by atoms with van der Waals surface area (Å²) < 4.78 is 39.2. The minimum Gasteiger partial charge on any atom is -0.319 e. The molecule has 0 spiro atoms. The van der Waals surface area contributed by atoms with E-state index in [9.17, 15) is 18.0 Å². The fourth-order valence-corrected chi connectivity index (χ4v) is 1.76. The molecule has 0 aliphatic heterocycles. The van der Waals surface area contributed by atoms with Gasteiger partial charge in [-0.2, -0.15) is 0 Å². The van der Waals surface area contributed by atoms with Crippen LogP contribution in [0.1, 0.15) is 10.4 Å².